The first-order valence-electron chi connectivity index (χ1n) is 7.12. The average molecular weight is 533 g/mol. The van der Waals surface area contributed by atoms with Crippen LogP contribution < -0.4 is 5.30 Å². The van der Waals surface area contributed by atoms with Gasteiger partial charge in [0.05, 0.1) is 0 Å². The van der Waals surface area contributed by atoms with Crippen molar-refractivity contribution in [2.45, 2.75) is 25.3 Å². The van der Waals surface area contributed by atoms with Crippen molar-refractivity contribution in [1.82, 2.24) is 0 Å². The second-order valence-electron chi connectivity index (χ2n) is 4.93. The maximum atomic E-state index is 12.6. The van der Waals surface area contributed by atoms with E-state index in [1.54, 1.807) is 18.2 Å². The molecule has 0 bridgehead atoms. The molecular weight excluding hydrogens is 515 g/mol. The van der Waals surface area contributed by atoms with E-state index < -0.39 is 0 Å². The Morgan fingerprint density at radius 3 is 2.17 bits per heavy atom. The van der Waals surface area contributed by atoms with Gasteiger partial charge in [-0.2, -0.15) is 17.7 Å². The number of hydrogen-bond donors (Lipinski definition) is 0. The zero-order valence-corrected chi connectivity index (χ0v) is 16.7. The minimum absolute atomic E-state index is 0.184. The van der Waals surface area contributed by atoms with Crippen molar-refractivity contribution in [3.63, 3.8) is 0 Å². The second-order valence-corrected chi connectivity index (χ2v) is 5.60. The molecular formula is C17H18ClF2IrNP. The summed E-state index contributed by atoms with van der Waals surface area (Å²) in [5, 5.41) is 5.48. The van der Waals surface area contributed by atoms with Gasteiger partial charge in [-0.1, -0.05) is 31.4 Å². The molecule has 2 aromatic rings. The molecule has 1 heterocycles. The molecule has 2 aromatic carbocycles. The zero-order chi connectivity index (χ0) is 17.1. The van der Waals surface area contributed by atoms with Gasteiger partial charge in [0.15, 0.2) is 0 Å². The molecule has 3 rings (SSSR count). The van der Waals surface area contributed by atoms with Crippen LogP contribution in [0, 0.1) is 17.7 Å². The van der Waals surface area contributed by atoms with Gasteiger partial charge in [-0.3, -0.25) is 4.39 Å². The van der Waals surface area contributed by atoms with E-state index in [-0.39, 0.29) is 17.7 Å². The minimum atomic E-state index is -0.223. The molecule has 1 nitrogen and oxygen atoms in total. The summed E-state index contributed by atoms with van der Waals surface area (Å²) in [6.07, 6.45) is 3.50. The van der Waals surface area contributed by atoms with Crippen LogP contribution in [0.1, 0.15) is 30.9 Å². The Hall–Kier alpha value is -0.371. The normalized spacial score (nSPS) is 16.5. The number of nitrogens with zero attached hydrogens (tertiary/aromatic N) is 1. The third-order valence-electron chi connectivity index (χ3n) is 3.26. The first-order chi connectivity index (χ1) is 11.1. The standard InChI is InChI=1S/C11H12FN.C6H6FP.ClH.Ir/c12-10-6-4-9(5-7-10)11-3-1-2-8-13-11;7-5-1-3-6(8)4-2-5;;/h4,6-7,11H,1-3,8H2;1-4H,8H2;1H;/q-2;;;+3/p-1. The molecule has 2 atom stereocenters. The molecule has 1 saturated heterocycles. The molecule has 0 aliphatic carbocycles. The molecule has 0 spiro atoms. The Kier molecular flexibility index (Phi) is 10.8. The molecule has 23 heavy (non-hydrogen) atoms. The van der Waals surface area contributed by atoms with Gasteiger partial charge in [-0.15, -0.1) is 34.0 Å². The zero-order valence-electron chi connectivity index (χ0n) is 12.4. The fraction of sp³-hybridized carbons (Fsp3) is 0.294. The van der Waals surface area contributed by atoms with Gasteiger partial charge in [0.2, 0.25) is 0 Å². The van der Waals surface area contributed by atoms with Crippen molar-refractivity contribution in [1.29, 1.82) is 0 Å². The molecule has 2 unspecified atom stereocenters. The third kappa shape index (κ3) is 8.33. The van der Waals surface area contributed by atoms with Crippen molar-refractivity contribution < 1.29 is 26.7 Å². The van der Waals surface area contributed by atoms with Crippen LogP contribution in [0.4, 0.5) is 8.78 Å². The van der Waals surface area contributed by atoms with Crippen LogP contribution in [-0.2, 0) is 17.9 Å². The molecule has 126 valence electrons. The first-order valence-corrected chi connectivity index (χ1v) is 10.7. The van der Waals surface area contributed by atoms with Gasteiger partial charge in [0.1, 0.15) is 5.82 Å². The predicted molar refractivity (Wildman–Crippen MR) is 91.7 cm³/mol. The van der Waals surface area contributed by atoms with Crippen LogP contribution in [0.5, 0.6) is 0 Å². The molecule has 0 amide bonds. The quantitative estimate of drug-likeness (QED) is 0.352. The second kappa shape index (κ2) is 12.1. The van der Waals surface area contributed by atoms with Crippen LogP contribution in [0.2, 0.25) is 0 Å². The number of hydrogen-bond acceptors (Lipinski definition) is 0. The fourth-order valence-corrected chi connectivity index (χ4v) is 2.32. The number of halogens is 3. The summed E-state index contributed by atoms with van der Waals surface area (Å²) in [4.78, 5) is 0. The van der Waals surface area contributed by atoms with Crippen molar-refractivity contribution in [3.8, 4) is 0 Å². The summed E-state index contributed by atoms with van der Waals surface area (Å²) in [6, 6.07) is 14.1. The van der Waals surface area contributed by atoms with Crippen molar-refractivity contribution >= 4 is 24.1 Å². The third-order valence-corrected chi connectivity index (χ3v) is 3.65. The van der Waals surface area contributed by atoms with E-state index in [1.165, 1.54) is 55.0 Å². The summed E-state index contributed by atoms with van der Waals surface area (Å²) in [7, 11) is 7.12. The van der Waals surface area contributed by atoms with E-state index in [2.05, 4.69) is 30.2 Å². The van der Waals surface area contributed by atoms with Crippen LogP contribution in [0.15, 0.2) is 42.5 Å². The van der Waals surface area contributed by atoms with Crippen molar-refractivity contribution in [3.05, 3.63) is 71.0 Å². The maximum absolute atomic E-state index is 12.6. The van der Waals surface area contributed by atoms with Gasteiger partial charge in [-0.25, -0.2) is 4.39 Å². The van der Waals surface area contributed by atoms with Crippen LogP contribution >= 0.6 is 18.8 Å². The Labute approximate surface area is 153 Å². The van der Waals surface area contributed by atoms with Crippen molar-refractivity contribution in [2.75, 3.05) is 6.54 Å². The fourth-order valence-electron chi connectivity index (χ4n) is 2.13. The SMILES string of the molecule is Fc1c[c-]c(C2CCCC[N-]2)cc1.Fc1ccc(P)cc1.[Cl][Ir+2]. The number of rotatable bonds is 1. The average Bonchev–Trinajstić information content (AvgIpc) is 2.61. The van der Waals surface area contributed by atoms with Crippen LogP contribution in [0.3, 0.4) is 0 Å². The van der Waals surface area contributed by atoms with Crippen molar-refractivity contribution in [2.24, 2.45) is 0 Å². The molecule has 1 aliphatic rings. The molecule has 0 N–H and O–H groups in total. The Morgan fingerprint density at radius 2 is 1.70 bits per heavy atom. The monoisotopic (exact) mass is 533 g/mol. The Balaban J connectivity index is 0.000000228. The van der Waals surface area contributed by atoms with E-state index in [0.29, 0.717) is 0 Å². The molecule has 0 saturated carbocycles. The van der Waals surface area contributed by atoms with Gasteiger partial charge in [-0.05, 0) is 17.4 Å². The van der Waals surface area contributed by atoms with E-state index in [0.717, 1.165) is 23.8 Å². The first kappa shape index (κ1) is 20.7. The summed E-state index contributed by atoms with van der Waals surface area (Å²) in [5.74, 6) is -0.407. The van der Waals surface area contributed by atoms with E-state index in [9.17, 15) is 8.78 Å². The van der Waals surface area contributed by atoms with E-state index >= 15 is 0 Å². The summed E-state index contributed by atoms with van der Waals surface area (Å²) >= 11 is 1.47. The molecule has 1 fully saturated rings. The molecule has 6 heteroatoms. The van der Waals surface area contributed by atoms with Gasteiger partial charge in [0.25, 0.3) is 0 Å². The summed E-state index contributed by atoms with van der Waals surface area (Å²) < 4.78 is 24.7. The van der Waals surface area contributed by atoms with Crippen LogP contribution in [0.25, 0.3) is 5.32 Å². The Morgan fingerprint density at radius 1 is 1.04 bits per heavy atom. The van der Waals surface area contributed by atoms with Crippen LogP contribution in [-0.4, -0.2) is 6.54 Å². The number of benzene rings is 2. The molecule has 0 radical (unpaired) electrons. The van der Waals surface area contributed by atoms with E-state index in [4.69, 9.17) is 0 Å². The molecule has 0 aromatic heterocycles. The Bertz CT molecular complexity index is 525. The molecule has 1 aliphatic heterocycles. The van der Waals surface area contributed by atoms with E-state index in [1.807, 2.05) is 0 Å². The number of piperidine rings is 1. The van der Waals surface area contributed by atoms with Gasteiger partial charge in [0, 0.05) is 5.82 Å². The van der Waals surface area contributed by atoms with Gasteiger partial charge >= 0.3 is 27.5 Å². The van der Waals surface area contributed by atoms with Gasteiger partial charge < -0.3 is 5.32 Å². The predicted octanol–water partition coefficient (Wildman–Crippen LogP) is 5.24. The summed E-state index contributed by atoms with van der Waals surface area (Å²) in [5.41, 5.74) is 1.03. The summed E-state index contributed by atoms with van der Waals surface area (Å²) in [6.45, 7) is 0.940. The topological polar surface area (TPSA) is 14.1 Å².